The van der Waals surface area contributed by atoms with Crippen LogP contribution in [0.15, 0.2) is 35.8 Å². The summed E-state index contributed by atoms with van der Waals surface area (Å²) in [5, 5.41) is 2.58. The molecule has 5 heteroatoms. The molecule has 4 nitrogen and oxygen atoms in total. The van der Waals surface area contributed by atoms with Crippen LogP contribution in [0.2, 0.25) is 0 Å². The first-order valence-electron chi connectivity index (χ1n) is 5.96. The van der Waals surface area contributed by atoms with E-state index >= 15 is 0 Å². The van der Waals surface area contributed by atoms with Crippen molar-refractivity contribution < 1.29 is 14.3 Å². The number of ether oxygens (including phenoxy) is 2. The van der Waals surface area contributed by atoms with E-state index < -0.39 is 5.92 Å². The molecule has 0 bridgehead atoms. The molecular weight excluding hydrogens is 262 g/mol. The van der Waals surface area contributed by atoms with Crippen molar-refractivity contribution in [2.24, 2.45) is 0 Å². The Kier molecular flexibility index (Phi) is 4.52. The molecule has 2 aromatic rings. The number of methoxy groups -OCH3 is 1. The number of esters is 1. The second-order valence-electron chi connectivity index (χ2n) is 3.83. The second-order valence-corrected chi connectivity index (χ2v) is 4.75. The monoisotopic (exact) mass is 277 g/mol. The Hall–Kier alpha value is -1.88. The lowest BCUT2D eigenvalue weighted by atomic mass is 10.00. The van der Waals surface area contributed by atoms with Crippen molar-refractivity contribution >= 4 is 17.3 Å². The van der Waals surface area contributed by atoms with Crippen molar-refractivity contribution in [1.82, 2.24) is 4.98 Å². The molecule has 1 heterocycles. The number of rotatable bonds is 5. The Morgan fingerprint density at radius 1 is 1.37 bits per heavy atom. The van der Waals surface area contributed by atoms with Gasteiger partial charge in [-0.05, 0) is 24.6 Å². The number of nitrogens with zero attached hydrogens (tertiary/aromatic N) is 1. The SMILES string of the molecule is CCOc1ccc(C(C(=O)OC)c2nccs2)cc1. The van der Waals surface area contributed by atoms with E-state index in [0.29, 0.717) is 6.61 Å². The predicted octanol–water partition coefficient (Wildman–Crippen LogP) is 2.85. The van der Waals surface area contributed by atoms with Crippen LogP contribution < -0.4 is 4.74 Å². The molecule has 0 saturated heterocycles. The summed E-state index contributed by atoms with van der Waals surface area (Å²) in [4.78, 5) is 16.1. The van der Waals surface area contributed by atoms with E-state index in [1.54, 1.807) is 6.20 Å². The van der Waals surface area contributed by atoms with Crippen LogP contribution in [0.3, 0.4) is 0 Å². The van der Waals surface area contributed by atoms with Gasteiger partial charge in [0.2, 0.25) is 0 Å². The number of hydrogen-bond acceptors (Lipinski definition) is 5. The molecule has 0 spiro atoms. The third kappa shape index (κ3) is 3.12. The highest BCUT2D eigenvalue weighted by molar-refractivity contribution is 7.09. The molecular formula is C14H15NO3S. The molecule has 1 aromatic heterocycles. The minimum Gasteiger partial charge on any atom is -0.494 e. The maximum Gasteiger partial charge on any atom is 0.320 e. The minimum atomic E-state index is -0.472. The summed E-state index contributed by atoms with van der Waals surface area (Å²) in [6.45, 7) is 2.55. The van der Waals surface area contributed by atoms with E-state index in [9.17, 15) is 4.79 Å². The highest BCUT2D eigenvalue weighted by atomic mass is 32.1. The van der Waals surface area contributed by atoms with Crippen molar-refractivity contribution in [3.8, 4) is 5.75 Å². The number of carbonyl (C=O) groups is 1. The lowest BCUT2D eigenvalue weighted by Gasteiger charge is -2.13. The molecule has 0 aliphatic carbocycles. The van der Waals surface area contributed by atoms with Gasteiger partial charge in [-0.15, -0.1) is 11.3 Å². The summed E-state index contributed by atoms with van der Waals surface area (Å²) in [6, 6.07) is 7.44. The van der Waals surface area contributed by atoms with Crippen LogP contribution in [0.25, 0.3) is 0 Å². The fourth-order valence-electron chi connectivity index (χ4n) is 1.80. The molecule has 0 radical (unpaired) electrons. The molecule has 0 aliphatic heterocycles. The quantitative estimate of drug-likeness (QED) is 0.788. The Labute approximate surface area is 116 Å². The van der Waals surface area contributed by atoms with Crippen molar-refractivity contribution in [2.75, 3.05) is 13.7 Å². The summed E-state index contributed by atoms with van der Waals surface area (Å²) in [5.41, 5.74) is 0.852. The van der Waals surface area contributed by atoms with Crippen molar-refractivity contribution in [3.63, 3.8) is 0 Å². The zero-order valence-electron chi connectivity index (χ0n) is 10.8. The number of hydrogen-bond donors (Lipinski definition) is 0. The van der Waals surface area contributed by atoms with Gasteiger partial charge in [0.15, 0.2) is 0 Å². The van der Waals surface area contributed by atoms with Gasteiger partial charge >= 0.3 is 5.97 Å². The Bertz CT molecular complexity index is 522. The summed E-state index contributed by atoms with van der Waals surface area (Å²) in [5.74, 6) is 0.00814. The van der Waals surface area contributed by atoms with E-state index in [0.717, 1.165) is 16.3 Å². The lowest BCUT2D eigenvalue weighted by Crippen LogP contribution is -2.15. The molecule has 0 aliphatic rings. The summed E-state index contributed by atoms with van der Waals surface area (Å²) >= 11 is 1.44. The fraction of sp³-hybridized carbons (Fsp3) is 0.286. The Morgan fingerprint density at radius 3 is 2.63 bits per heavy atom. The second kappa shape index (κ2) is 6.33. The Morgan fingerprint density at radius 2 is 2.11 bits per heavy atom. The van der Waals surface area contributed by atoms with Crippen molar-refractivity contribution in [1.29, 1.82) is 0 Å². The van der Waals surface area contributed by atoms with Gasteiger partial charge in [0, 0.05) is 11.6 Å². The van der Waals surface area contributed by atoms with Gasteiger partial charge in [-0.3, -0.25) is 4.79 Å². The largest absolute Gasteiger partial charge is 0.494 e. The first kappa shape index (κ1) is 13.5. The molecule has 19 heavy (non-hydrogen) atoms. The van der Waals surface area contributed by atoms with Crippen LogP contribution in [-0.2, 0) is 9.53 Å². The third-order valence-electron chi connectivity index (χ3n) is 2.66. The smallest absolute Gasteiger partial charge is 0.320 e. The summed E-state index contributed by atoms with van der Waals surface area (Å²) < 4.78 is 10.3. The van der Waals surface area contributed by atoms with Gasteiger partial charge in [0.05, 0.1) is 13.7 Å². The third-order valence-corrected chi connectivity index (χ3v) is 3.50. The number of aromatic nitrogens is 1. The van der Waals surface area contributed by atoms with Gasteiger partial charge in [0.1, 0.15) is 16.7 Å². The highest BCUT2D eigenvalue weighted by Gasteiger charge is 2.25. The Balaban J connectivity index is 2.30. The van der Waals surface area contributed by atoms with Gasteiger partial charge in [-0.25, -0.2) is 4.98 Å². The topological polar surface area (TPSA) is 48.4 Å². The number of benzene rings is 1. The fourth-order valence-corrected chi connectivity index (χ4v) is 2.55. The molecule has 0 N–H and O–H groups in total. The highest BCUT2D eigenvalue weighted by Crippen LogP contribution is 2.28. The summed E-state index contributed by atoms with van der Waals surface area (Å²) in [7, 11) is 1.39. The number of carbonyl (C=O) groups excluding carboxylic acids is 1. The zero-order chi connectivity index (χ0) is 13.7. The maximum atomic E-state index is 11.9. The van der Waals surface area contributed by atoms with Crippen LogP contribution in [0.4, 0.5) is 0 Å². The van der Waals surface area contributed by atoms with Crippen LogP contribution >= 0.6 is 11.3 Å². The molecule has 0 amide bonds. The van der Waals surface area contributed by atoms with Gasteiger partial charge < -0.3 is 9.47 Å². The first-order valence-corrected chi connectivity index (χ1v) is 6.84. The zero-order valence-corrected chi connectivity index (χ0v) is 11.6. The van der Waals surface area contributed by atoms with Gasteiger partial charge in [0.25, 0.3) is 0 Å². The average molecular weight is 277 g/mol. The van der Waals surface area contributed by atoms with Gasteiger partial charge in [-0.2, -0.15) is 0 Å². The van der Waals surface area contributed by atoms with E-state index in [1.807, 2.05) is 36.6 Å². The van der Waals surface area contributed by atoms with Gasteiger partial charge in [-0.1, -0.05) is 12.1 Å². The molecule has 0 fully saturated rings. The molecule has 100 valence electrons. The van der Waals surface area contributed by atoms with E-state index in [2.05, 4.69) is 4.98 Å². The van der Waals surface area contributed by atoms with Crippen LogP contribution in [0.5, 0.6) is 5.75 Å². The standard InChI is InChI=1S/C14H15NO3S/c1-3-18-11-6-4-10(5-7-11)12(14(16)17-2)13-15-8-9-19-13/h4-9,12H,3H2,1-2H3. The molecule has 1 atom stereocenters. The molecule has 1 aromatic carbocycles. The first-order chi connectivity index (χ1) is 9.26. The van der Waals surface area contributed by atoms with E-state index in [1.165, 1.54) is 18.4 Å². The predicted molar refractivity (Wildman–Crippen MR) is 73.6 cm³/mol. The summed E-state index contributed by atoms with van der Waals surface area (Å²) in [6.07, 6.45) is 1.69. The van der Waals surface area contributed by atoms with Crippen LogP contribution in [0, 0.1) is 0 Å². The molecule has 1 unspecified atom stereocenters. The van der Waals surface area contributed by atoms with E-state index in [-0.39, 0.29) is 5.97 Å². The normalized spacial score (nSPS) is 11.9. The van der Waals surface area contributed by atoms with Crippen molar-refractivity contribution in [3.05, 3.63) is 46.4 Å². The maximum absolute atomic E-state index is 11.9. The molecule has 0 saturated carbocycles. The average Bonchev–Trinajstić information content (AvgIpc) is 2.95. The number of thiazole rings is 1. The van der Waals surface area contributed by atoms with Crippen LogP contribution in [0.1, 0.15) is 23.4 Å². The van der Waals surface area contributed by atoms with Crippen molar-refractivity contribution in [2.45, 2.75) is 12.8 Å². The van der Waals surface area contributed by atoms with E-state index in [4.69, 9.17) is 9.47 Å². The molecule has 2 rings (SSSR count). The minimum absolute atomic E-state index is 0.306. The van der Waals surface area contributed by atoms with Crippen LogP contribution in [-0.4, -0.2) is 24.7 Å². The lowest BCUT2D eigenvalue weighted by molar-refractivity contribution is -0.141.